The molecule has 1 heterocycles. The minimum absolute atomic E-state index is 0.0629. The summed E-state index contributed by atoms with van der Waals surface area (Å²) in [6, 6.07) is 5.52. The van der Waals surface area contributed by atoms with Gasteiger partial charge in [0.1, 0.15) is 18.2 Å². The third kappa shape index (κ3) is 2.70. The highest BCUT2D eigenvalue weighted by Crippen LogP contribution is 2.23. The van der Waals surface area contributed by atoms with Crippen molar-refractivity contribution in [2.45, 2.75) is 20.1 Å². The molecule has 0 fully saturated rings. The van der Waals surface area contributed by atoms with Crippen LogP contribution >= 0.6 is 15.9 Å². The van der Waals surface area contributed by atoms with Crippen LogP contribution in [0.1, 0.15) is 17.2 Å². The van der Waals surface area contributed by atoms with Crippen molar-refractivity contribution in [1.82, 2.24) is 14.8 Å². The lowest BCUT2D eigenvalue weighted by atomic mass is 10.2. The monoisotopic (exact) mass is 311 g/mol. The number of hydrogen-bond donors (Lipinski definition) is 1. The van der Waals surface area contributed by atoms with Gasteiger partial charge >= 0.3 is 0 Å². The Morgan fingerprint density at radius 3 is 2.78 bits per heavy atom. The molecule has 0 spiro atoms. The lowest BCUT2D eigenvalue weighted by molar-refractivity contribution is 0.254. The molecule has 1 N–H and O–H groups in total. The molecular formula is C12H14BrN3O2. The van der Waals surface area contributed by atoms with Gasteiger partial charge in [-0.3, -0.25) is 0 Å². The Hall–Kier alpha value is -1.40. The highest BCUT2D eigenvalue weighted by atomic mass is 79.9. The number of aromatic nitrogens is 3. The van der Waals surface area contributed by atoms with Crippen LogP contribution < -0.4 is 4.74 Å². The fourth-order valence-electron chi connectivity index (χ4n) is 1.53. The summed E-state index contributed by atoms with van der Waals surface area (Å²) in [6.07, 6.45) is 0. The van der Waals surface area contributed by atoms with Gasteiger partial charge in [0.15, 0.2) is 5.82 Å². The number of aliphatic hydroxyl groups excluding tert-OH is 1. The van der Waals surface area contributed by atoms with E-state index in [0.717, 1.165) is 21.7 Å². The highest BCUT2D eigenvalue weighted by Gasteiger charge is 2.08. The molecule has 96 valence electrons. The first-order valence-electron chi connectivity index (χ1n) is 5.48. The molecule has 1 aromatic carbocycles. The molecule has 0 saturated carbocycles. The standard InChI is InChI=1S/C12H14BrN3O2/c1-8-14-15-12(16(8)2)7-18-11-4-3-10(13)5-9(11)6-17/h3-5,17H,6-7H2,1-2H3. The fraction of sp³-hybridized carbons (Fsp3) is 0.333. The number of nitrogens with zero attached hydrogens (tertiary/aromatic N) is 3. The second-order valence-corrected chi connectivity index (χ2v) is 4.84. The topological polar surface area (TPSA) is 60.2 Å². The van der Waals surface area contributed by atoms with Gasteiger partial charge in [-0.2, -0.15) is 0 Å². The third-order valence-electron chi connectivity index (χ3n) is 2.73. The Labute approximate surface area is 114 Å². The summed E-state index contributed by atoms with van der Waals surface area (Å²) >= 11 is 3.35. The van der Waals surface area contributed by atoms with Crippen molar-refractivity contribution in [1.29, 1.82) is 0 Å². The average Bonchev–Trinajstić information content (AvgIpc) is 2.68. The van der Waals surface area contributed by atoms with E-state index in [1.807, 2.05) is 36.7 Å². The predicted octanol–water partition coefficient (Wildman–Crippen LogP) is 1.96. The average molecular weight is 312 g/mol. The highest BCUT2D eigenvalue weighted by molar-refractivity contribution is 9.10. The Bertz CT molecular complexity index is 554. The maximum absolute atomic E-state index is 9.26. The van der Waals surface area contributed by atoms with Gasteiger partial charge < -0.3 is 14.4 Å². The van der Waals surface area contributed by atoms with Gasteiger partial charge in [0.25, 0.3) is 0 Å². The normalized spacial score (nSPS) is 10.7. The number of aliphatic hydroxyl groups is 1. The molecule has 0 bridgehead atoms. The fourth-order valence-corrected chi connectivity index (χ4v) is 1.94. The summed E-state index contributed by atoms with van der Waals surface area (Å²) < 4.78 is 8.44. The van der Waals surface area contributed by atoms with Crippen LogP contribution in [0.5, 0.6) is 5.75 Å². The van der Waals surface area contributed by atoms with E-state index in [2.05, 4.69) is 26.1 Å². The first-order chi connectivity index (χ1) is 8.61. The number of hydrogen-bond acceptors (Lipinski definition) is 4. The van der Waals surface area contributed by atoms with Gasteiger partial charge in [-0.05, 0) is 25.1 Å². The molecule has 0 atom stereocenters. The molecule has 2 rings (SSSR count). The number of halogens is 1. The SMILES string of the molecule is Cc1nnc(COc2ccc(Br)cc2CO)n1C. The van der Waals surface area contributed by atoms with Gasteiger partial charge in [-0.25, -0.2) is 0 Å². The van der Waals surface area contributed by atoms with Crippen molar-refractivity contribution in [3.63, 3.8) is 0 Å². The largest absolute Gasteiger partial charge is 0.485 e. The van der Waals surface area contributed by atoms with Crippen LogP contribution in [0.15, 0.2) is 22.7 Å². The number of ether oxygens (including phenoxy) is 1. The molecule has 5 nitrogen and oxygen atoms in total. The second-order valence-electron chi connectivity index (χ2n) is 3.92. The molecule has 0 unspecified atom stereocenters. The molecule has 0 saturated heterocycles. The van der Waals surface area contributed by atoms with Gasteiger partial charge in [0, 0.05) is 17.1 Å². The van der Waals surface area contributed by atoms with E-state index in [0.29, 0.717) is 12.4 Å². The van der Waals surface area contributed by atoms with Crippen molar-refractivity contribution < 1.29 is 9.84 Å². The quantitative estimate of drug-likeness (QED) is 0.937. The first-order valence-corrected chi connectivity index (χ1v) is 6.28. The van der Waals surface area contributed by atoms with E-state index < -0.39 is 0 Å². The van der Waals surface area contributed by atoms with Crippen molar-refractivity contribution in [3.05, 3.63) is 39.9 Å². The van der Waals surface area contributed by atoms with Crippen molar-refractivity contribution in [2.24, 2.45) is 7.05 Å². The number of aryl methyl sites for hydroxylation is 1. The summed E-state index contributed by atoms with van der Waals surface area (Å²) in [7, 11) is 1.89. The van der Waals surface area contributed by atoms with Crippen LogP contribution in [-0.4, -0.2) is 19.9 Å². The third-order valence-corrected chi connectivity index (χ3v) is 3.23. The minimum atomic E-state index is -0.0629. The van der Waals surface area contributed by atoms with Crippen LogP contribution in [-0.2, 0) is 20.3 Å². The molecule has 0 aliphatic rings. The van der Waals surface area contributed by atoms with E-state index in [4.69, 9.17) is 4.74 Å². The summed E-state index contributed by atoms with van der Waals surface area (Å²) in [5, 5.41) is 17.2. The summed E-state index contributed by atoms with van der Waals surface area (Å²) in [4.78, 5) is 0. The van der Waals surface area contributed by atoms with Crippen molar-refractivity contribution in [2.75, 3.05) is 0 Å². The van der Waals surface area contributed by atoms with E-state index in [1.54, 1.807) is 0 Å². The molecule has 2 aromatic rings. The zero-order valence-electron chi connectivity index (χ0n) is 10.2. The van der Waals surface area contributed by atoms with Crippen LogP contribution in [0.25, 0.3) is 0 Å². The summed E-state index contributed by atoms with van der Waals surface area (Å²) in [5.74, 6) is 2.24. The zero-order valence-corrected chi connectivity index (χ0v) is 11.8. The van der Waals surface area contributed by atoms with Crippen LogP contribution in [0, 0.1) is 6.92 Å². The molecule has 1 aromatic heterocycles. The molecule has 0 radical (unpaired) electrons. The molecule has 18 heavy (non-hydrogen) atoms. The second kappa shape index (κ2) is 5.49. The van der Waals surface area contributed by atoms with Crippen LogP contribution in [0.3, 0.4) is 0 Å². The van der Waals surface area contributed by atoms with E-state index >= 15 is 0 Å². The van der Waals surface area contributed by atoms with Gasteiger partial charge in [-0.15, -0.1) is 10.2 Å². The number of rotatable bonds is 4. The molecule has 0 aliphatic heterocycles. The minimum Gasteiger partial charge on any atom is -0.485 e. The lowest BCUT2D eigenvalue weighted by Gasteiger charge is -2.10. The van der Waals surface area contributed by atoms with Gasteiger partial charge in [0.2, 0.25) is 0 Å². The maximum Gasteiger partial charge on any atom is 0.170 e. The van der Waals surface area contributed by atoms with Crippen LogP contribution in [0.2, 0.25) is 0 Å². The number of benzene rings is 1. The van der Waals surface area contributed by atoms with Crippen molar-refractivity contribution in [3.8, 4) is 5.75 Å². The summed E-state index contributed by atoms with van der Waals surface area (Å²) in [6.45, 7) is 2.15. The molecule has 0 aliphatic carbocycles. The van der Waals surface area contributed by atoms with Crippen LogP contribution in [0.4, 0.5) is 0 Å². The first kappa shape index (κ1) is 13.0. The van der Waals surface area contributed by atoms with Gasteiger partial charge in [-0.1, -0.05) is 15.9 Å². The van der Waals surface area contributed by atoms with Crippen molar-refractivity contribution >= 4 is 15.9 Å². The smallest absolute Gasteiger partial charge is 0.170 e. The Morgan fingerprint density at radius 2 is 2.17 bits per heavy atom. The Morgan fingerprint density at radius 1 is 1.39 bits per heavy atom. The Kier molecular flexibility index (Phi) is 3.98. The van der Waals surface area contributed by atoms with E-state index in [-0.39, 0.29) is 6.61 Å². The molecular weight excluding hydrogens is 298 g/mol. The van der Waals surface area contributed by atoms with E-state index in [9.17, 15) is 5.11 Å². The lowest BCUT2D eigenvalue weighted by Crippen LogP contribution is -2.05. The predicted molar refractivity (Wildman–Crippen MR) is 70.1 cm³/mol. The maximum atomic E-state index is 9.26. The zero-order chi connectivity index (χ0) is 13.1. The molecule has 0 amide bonds. The molecule has 6 heteroatoms. The summed E-state index contributed by atoms with van der Waals surface area (Å²) in [5.41, 5.74) is 0.739. The van der Waals surface area contributed by atoms with E-state index in [1.165, 1.54) is 0 Å². The Balaban J connectivity index is 2.13. The van der Waals surface area contributed by atoms with Gasteiger partial charge in [0.05, 0.1) is 6.61 Å².